The number of fused-ring (bicyclic) bond motifs is 1. The van der Waals surface area contributed by atoms with Crippen molar-refractivity contribution >= 4 is 10.9 Å². The van der Waals surface area contributed by atoms with Gasteiger partial charge in [0.25, 0.3) is 5.56 Å². The van der Waals surface area contributed by atoms with E-state index in [2.05, 4.69) is 4.98 Å². The Morgan fingerprint density at radius 2 is 2.13 bits per heavy atom. The minimum Gasteiger partial charge on any atom is -0.330 e. The van der Waals surface area contributed by atoms with Crippen LogP contribution in [-0.4, -0.2) is 11.5 Å². The summed E-state index contributed by atoms with van der Waals surface area (Å²) in [6.07, 6.45) is 0.839. The maximum atomic E-state index is 11.4. The standard InChI is InChI=1S/C12H14N2O/c1-8-6-10-3-2-9(4-5-13)7-11(10)14-12(8)15/h2-3,6-7H,4-5,13H2,1H3,(H,14,15). The van der Waals surface area contributed by atoms with Crippen LogP contribution in [0.15, 0.2) is 29.1 Å². The SMILES string of the molecule is Cc1cc2ccc(CCN)cc2[nH]c1=O. The second-order valence-corrected chi connectivity index (χ2v) is 3.74. The maximum Gasteiger partial charge on any atom is 0.251 e. The number of nitrogens with one attached hydrogen (secondary N) is 1. The van der Waals surface area contributed by atoms with Crippen molar-refractivity contribution in [3.8, 4) is 0 Å². The number of H-pyrrole nitrogens is 1. The van der Waals surface area contributed by atoms with Crippen LogP contribution in [-0.2, 0) is 6.42 Å². The number of hydrogen-bond acceptors (Lipinski definition) is 2. The van der Waals surface area contributed by atoms with Crippen molar-refractivity contribution in [1.82, 2.24) is 4.98 Å². The average Bonchev–Trinajstić information content (AvgIpc) is 2.21. The molecule has 0 amide bonds. The molecule has 3 heteroatoms. The van der Waals surface area contributed by atoms with Crippen LogP contribution in [0.4, 0.5) is 0 Å². The molecular formula is C12H14N2O. The quantitative estimate of drug-likeness (QED) is 0.772. The van der Waals surface area contributed by atoms with Gasteiger partial charge in [-0.15, -0.1) is 0 Å². The number of benzene rings is 1. The Labute approximate surface area is 87.9 Å². The third-order valence-corrected chi connectivity index (χ3v) is 2.53. The van der Waals surface area contributed by atoms with E-state index < -0.39 is 0 Å². The molecule has 0 unspecified atom stereocenters. The Morgan fingerprint density at radius 3 is 2.87 bits per heavy atom. The lowest BCUT2D eigenvalue weighted by Crippen LogP contribution is -2.09. The molecule has 1 aromatic carbocycles. The van der Waals surface area contributed by atoms with E-state index in [4.69, 9.17) is 5.73 Å². The average molecular weight is 202 g/mol. The van der Waals surface area contributed by atoms with Gasteiger partial charge >= 0.3 is 0 Å². The van der Waals surface area contributed by atoms with E-state index in [1.54, 1.807) is 0 Å². The lowest BCUT2D eigenvalue weighted by atomic mass is 10.1. The molecule has 2 rings (SSSR count). The largest absolute Gasteiger partial charge is 0.330 e. The highest BCUT2D eigenvalue weighted by molar-refractivity contribution is 5.79. The Morgan fingerprint density at radius 1 is 1.33 bits per heavy atom. The van der Waals surface area contributed by atoms with Crippen LogP contribution >= 0.6 is 0 Å². The molecule has 0 spiro atoms. The molecule has 0 radical (unpaired) electrons. The van der Waals surface area contributed by atoms with Gasteiger partial charge in [-0.3, -0.25) is 4.79 Å². The van der Waals surface area contributed by atoms with Gasteiger partial charge in [-0.25, -0.2) is 0 Å². The first-order valence-corrected chi connectivity index (χ1v) is 5.03. The van der Waals surface area contributed by atoms with E-state index in [0.29, 0.717) is 6.54 Å². The molecule has 0 aliphatic carbocycles. The fourth-order valence-corrected chi connectivity index (χ4v) is 1.68. The summed E-state index contributed by atoms with van der Waals surface area (Å²) < 4.78 is 0. The zero-order chi connectivity index (χ0) is 10.8. The first-order valence-electron chi connectivity index (χ1n) is 5.03. The first-order chi connectivity index (χ1) is 7.20. The van der Waals surface area contributed by atoms with Gasteiger partial charge in [-0.2, -0.15) is 0 Å². The molecule has 0 saturated heterocycles. The topological polar surface area (TPSA) is 58.9 Å². The number of nitrogens with two attached hydrogens (primary N) is 1. The lowest BCUT2D eigenvalue weighted by Gasteiger charge is -2.02. The third-order valence-electron chi connectivity index (χ3n) is 2.53. The Balaban J connectivity index is 2.61. The van der Waals surface area contributed by atoms with E-state index in [9.17, 15) is 4.79 Å². The number of aryl methyl sites for hydroxylation is 1. The Bertz CT molecular complexity index is 543. The molecule has 0 atom stereocenters. The second-order valence-electron chi connectivity index (χ2n) is 3.74. The van der Waals surface area contributed by atoms with Crippen LogP contribution in [0.2, 0.25) is 0 Å². The molecule has 3 N–H and O–H groups in total. The highest BCUT2D eigenvalue weighted by Gasteiger charge is 1.99. The van der Waals surface area contributed by atoms with Crippen LogP contribution in [0.5, 0.6) is 0 Å². The summed E-state index contributed by atoms with van der Waals surface area (Å²) in [7, 11) is 0. The Hall–Kier alpha value is -1.61. The van der Waals surface area contributed by atoms with E-state index in [0.717, 1.165) is 28.5 Å². The first kappa shape index (κ1) is 9.93. The maximum absolute atomic E-state index is 11.4. The minimum absolute atomic E-state index is 0.0209. The molecule has 0 aliphatic rings. The van der Waals surface area contributed by atoms with Crippen LogP contribution in [0.25, 0.3) is 10.9 Å². The van der Waals surface area contributed by atoms with Crippen molar-refractivity contribution in [3.05, 3.63) is 45.7 Å². The predicted octanol–water partition coefficient (Wildman–Crippen LogP) is 1.34. The van der Waals surface area contributed by atoms with E-state index in [-0.39, 0.29) is 5.56 Å². The molecule has 0 fully saturated rings. The second kappa shape index (κ2) is 3.87. The zero-order valence-electron chi connectivity index (χ0n) is 8.71. The lowest BCUT2D eigenvalue weighted by molar-refractivity contribution is 0.970. The van der Waals surface area contributed by atoms with Gasteiger partial charge < -0.3 is 10.7 Å². The normalized spacial score (nSPS) is 10.8. The van der Waals surface area contributed by atoms with Crippen molar-refractivity contribution in [1.29, 1.82) is 0 Å². The molecule has 78 valence electrons. The number of hydrogen-bond donors (Lipinski definition) is 2. The fraction of sp³-hybridized carbons (Fsp3) is 0.250. The van der Waals surface area contributed by atoms with Crippen molar-refractivity contribution in [2.24, 2.45) is 5.73 Å². The van der Waals surface area contributed by atoms with E-state index in [1.807, 2.05) is 31.2 Å². The summed E-state index contributed by atoms with van der Waals surface area (Å²) >= 11 is 0. The highest BCUT2D eigenvalue weighted by Crippen LogP contribution is 2.13. The van der Waals surface area contributed by atoms with Gasteiger partial charge in [0.05, 0.1) is 0 Å². The van der Waals surface area contributed by atoms with Gasteiger partial charge in [-0.05, 0) is 43.0 Å². The molecule has 0 aliphatic heterocycles. The molecule has 3 nitrogen and oxygen atoms in total. The predicted molar refractivity (Wildman–Crippen MR) is 62.1 cm³/mol. The van der Waals surface area contributed by atoms with Gasteiger partial charge in [-0.1, -0.05) is 12.1 Å². The smallest absolute Gasteiger partial charge is 0.251 e. The highest BCUT2D eigenvalue weighted by atomic mass is 16.1. The molecule has 1 aromatic heterocycles. The summed E-state index contributed by atoms with van der Waals surface area (Å²) in [5.74, 6) is 0. The van der Waals surface area contributed by atoms with Crippen molar-refractivity contribution in [2.75, 3.05) is 6.54 Å². The van der Waals surface area contributed by atoms with E-state index >= 15 is 0 Å². The number of aromatic amines is 1. The van der Waals surface area contributed by atoms with Gasteiger partial charge in [0, 0.05) is 11.1 Å². The Kier molecular flexibility index (Phi) is 2.56. The van der Waals surface area contributed by atoms with Crippen LogP contribution < -0.4 is 11.3 Å². The molecule has 2 aromatic rings. The van der Waals surface area contributed by atoms with Gasteiger partial charge in [0.1, 0.15) is 0 Å². The number of pyridine rings is 1. The van der Waals surface area contributed by atoms with Gasteiger partial charge in [0.15, 0.2) is 0 Å². The summed E-state index contributed by atoms with van der Waals surface area (Å²) in [5.41, 5.74) is 8.25. The van der Waals surface area contributed by atoms with E-state index in [1.165, 1.54) is 0 Å². The molecule has 0 saturated carbocycles. The fourth-order valence-electron chi connectivity index (χ4n) is 1.68. The summed E-state index contributed by atoms with van der Waals surface area (Å²) in [6, 6.07) is 7.96. The number of rotatable bonds is 2. The van der Waals surface area contributed by atoms with Crippen LogP contribution in [0.1, 0.15) is 11.1 Å². The van der Waals surface area contributed by atoms with Crippen molar-refractivity contribution in [2.45, 2.75) is 13.3 Å². The minimum atomic E-state index is -0.0209. The van der Waals surface area contributed by atoms with Crippen molar-refractivity contribution < 1.29 is 0 Å². The molecular weight excluding hydrogens is 188 g/mol. The summed E-state index contributed by atoms with van der Waals surface area (Å²) in [4.78, 5) is 14.3. The van der Waals surface area contributed by atoms with Crippen molar-refractivity contribution in [3.63, 3.8) is 0 Å². The zero-order valence-corrected chi connectivity index (χ0v) is 8.71. The number of aromatic nitrogens is 1. The third kappa shape index (κ3) is 1.92. The molecule has 15 heavy (non-hydrogen) atoms. The summed E-state index contributed by atoms with van der Waals surface area (Å²) in [5, 5.41) is 1.06. The van der Waals surface area contributed by atoms with Crippen LogP contribution in [0, 0.1) is 6.92 Å². The van der Waals surface area contributed by atoms with Gasteiger partial charge in [0.2, 0.25) is 0 Å². The monoisotopic (exact) mass is 202 g/mol. The molecule has 0 bridgehead atoms. The summed E-state index contributed by atoms with van der Waals surface area (Å²) in [6.45, 7) is 2.44. The molecule has 1 heterocycles. The van der Waals surface area contributed by atoms with Crippen LogP contribution in [0.3, 0.4) is 0 Å².